The predicted octanol–water partition coefficient (Wildman–Crippen LogP) is 3.52. The van der Waals surface area contributed by atoms with Gasteiger partial charge in [-0.2, -0.15) is 0 Å². The number of carbonyl (C=O) groups is 2. The summed E-state index contributed by atoms with van der Waals surface area (Å²) < 4.78 is 10.4. The Kier molecular flexibility index (Phi) is 10.1. The van der Waals surface area contributed by atoms with Crippen molar-refractivity contribution in [3.63, 3.8) is 0 Å². The minimum Gasteiger partial charge on any atom is -0.445 e. The first-order valence-corrected chi connectivity index (χ1v) is 9.44. The zero-order chi connectivity index (χ0) is 21.0. The number of aliphatic hydroxyl groups is 1. The Morgan fingerprint density at radius 3 is 2.50 bits per heavy atom. The van der Waals surface area contributed by atoms with Crippen LogP contribution in [0, 0.1) is 0 Å². The molecule has 0 saturated carbocycles. The van der Waals surface area contributed by atoms with Crippen LogP contribution in [0.3, 0.4) is 0 Å². The first-order chi connectivity index (χ1) is 13.2. The molecule has 2 amide bonds. The van der Waals surface area contributed by atoms with Crippen molar-refractivity contribution in [1.82, 2.24) is 10.6 Å². The second-order valence-corrected chi connectivity index (χ2v) is 7.48. The van der Waals surface area contributed by atoms with Gasteiger partial charge >= 0.3 is 12.2 Å². The van der Waals surface area contributed by atoms with E-state index in [0.29, 0.717) is 25.8 Å². The Morgan fingerprint density at radius 1 is 1.21 bits per heavy atom. The Balaban J connectivity index is 2.43. The maximum Gasteiger partial charge on any atom is 0.407 e. The van der Waals surface area contributed by atoms with Crippen molar-refractivity contribution in [3.8, 4) is 0 Å². The number of carbonyl (C=O) groups excluding carboxylic acids is 2. The molecule has 0 saturated heterocycles. The largest absolute Gasteiger partial charge is 0.445 e. The summed E-state index contributed by atoms with van der Waals surface area (Å²) in [5, 5.41) is 15.6. The molecule has 3 N–H and O–H groups in total. The zero-order valence-electron chi connectivity index (χ0n) is 16.9. The third-order valence-corrected chi connectivity index (χ3v) is 3.75. The number of hydrogen-bond acceptors (Lipinski definition) is 5. The molecule has 2 atom stereocenters. The SMILES string of the molecule is C=CC[C@@H](O)[C@H](CCCNC(=O)OC(C)(C)C)NC(=O)OCc1ccccc1. The van der Waals surface area contributed by atoms with Gasteiger partial charge in [-0.05, 0) is 45.6 Å². The minimum atomic E-state index is -0.789. The summed E-state index contributed by atoms with van der Waals surface area (Å²) in [6.45, 7) is 9.51. The lowest BCUT2D eigenvalue weighted by molar-refractivity contribution is 0.0524. The molecule has 0 spiro atoms. The molecule has 1 aromatic carbocycles. The smallest absolute Gasteiger partial charge is 0.407 e. The van der Waals surface area contributed by atoms with Gasteiger partial charge < -0.3 is 25.2 Å². The van der Waals surface area contributed by atoms with Gasteiger partial charge in [0.15, 0.2) is 0 Å². The van der Waals surface area contributed by atoms with E-state index >= 15 is 0 Å². The van der Waals surface area contributed by atoms with Gasteiger partial charge in [0.1, 0.15) is 12.2 Å². The zero-order valence-corrected chi connectivity index (χ0v) is 16.9. The van der Waals surface area contributed by atoms with Gasteiger partial charge in [-0.25, -0.2) is 9.59 Å². The maximum atomic E-state index is 12.1. The van der Waals surface area contributed by atoms with Crippen LogP contribution in [0.5, 0.6) is 0 Å². The van der Waals surface area contributed by atoms with Gasteiger partial charge in [0, 0.05) is 6.54 Å². The van der Waals surface area contributed by atoms with E-state index in [1.165, 1.54) is 0 Å². The standard InChI is InChI=1S/C21H32N2O5/c1-5-10-18(24)17(13-9-14-22-19(25)28-21(2,3)4)23-20(26)27-15-16-11-7-6-8-12-16/h5-8,11-12,17-18,24H,1,9-10,13-15H2,2-4H3,(H,22,25)(H,23,26)/t17-,18+/m0/s1. The molecule has 0 heterocycles. The summed E-state index contributed by atoms with van der Waals surface area (Å²) in [6.07, 6.45) is 1.06. The third kappa shape index (κ3) is 10.6. The molecule has 0 radical (unpaired) electrons. The van der Waals surface area contributed by atoms with Crippen molar-refractivity contribution in [3.05, 3.63) is 48.6 Å². The van der Waals surface area contributed by atoms with E-state index < -0.39 is 29.9 Å². The lowest BCUT2D eigenvalue weighted by Gasteiger charge is -2.23. The summed E-state index contributed by atoms with van der Waals surface area (Å²) in [7, 11) is 0. The molecule has 0 bridgehead atoms. The molecule has 7 nitrogen and oxygen atoms in total. The summed E-state index contributed by atoms with van der Waals surface area (Å²) in [6, 6.07) is 8.83. The maximum absolute atomic E-state index is 12.1. The third-order valence-electron chi connectivity index (χ3n) is 3.75. The highest BCUT2D eigenvalue weighted by atomic mass is 16.6. The molecule has 28 heavy (non-hydrogen) atoms. The first-order valence-electron chi connectivity index (χ1n) is 9.44. The minimum absolute atomic E-state index is 0.150. The van der Waals surface area contributed by atoms with Crippen LogP contribution in [0.25, 0.3) is 0 Å². The number of aliphatic hydroxyl groups excluding tert-OH is 1. The van der Waals surface area contributed by atoms with Crippen LogP contribution in [0.15, 0.2) is 43.0 Å². The second kappa shape index (κ2) is 12.0. The van der Waals surface area contributed by atoms with Crippen molar-refractivity contribution in [2.45, 2.75) is 64.4 Å². The Labute approximate surface area is 167 Å². The normalized spacial score (nSPS) is 13.1. The molecular formula is C21H32N2O5. The molecule has 0 fully saturated rings. The Bertz CT molecular complexity index is 613. The van der Waals surface area contributed by atoms with Gasteiger partial charge in [-0.1, -0.05) is 36.4 Å². The number of benzene rings is 1. The number of nitrogens with one attached hydrogen (secondary N) is 2. The highest BCUT2D eigenvalue weighted by Gasteiger charge is 2.21. The number of alkyl carbamates (subject to hydrolysis) is 2. The van der Waals surface area contributed by atoms with Gasteiger partial charge in [-0.15, -0.1) is 6.58 Å². The fourth-order valence-corrected chi connectivity index (χ4v) is 2.44. The van der Waals surface area contributed by atoms with E-state index in [1.807, 2.05) is 30.3 Å². The molecule has 0 unspecified atom stereocenters. The quantitative estimate of drug-likeness (QED) is 0.418. The van der Waals surface area contributed by atoms with E-state index in [1.54, 1.807) is 26.8 Å². The van der Waals surface area contributed by atoms with E-state index in [4.69, 9.17) is 9.47 Å². The van der Waals surface area contributed by atoms with Gasteiger partial charge in [0.25, 0.3) is 0 Å². The van der Waals surface area contributed by atoms with Crippen LogP contribution in [0.2, 0.25) is 0 Å². The van der Waals surface area contributed by atoms with Crippen LogP contribution in [-0.2, 0) is 16.1 Å². The van der Waals surface area contributed by atoms with Crippen molar-refractivity contribution in [2.75, 3.05) is 6.54 Å². The van der Waals surface area contributed by atoms with E-state index in [0.717, 1.165) is 5.56 Å². The monoisotopic (exact) mass is 392 g/mol. The topological polar surface area (TPSA) is 96.9 Å². The van der Waals surface area contributed by atoms with E-state index in [2.05, 4.69) is 17.2 Å². The predicted molar refractivity (Wildman–Crippen MR) is 108 cm³/mol. The summed E-state index contributed by atoms with van der Waals surface area (Å²) in [4.78, 5) is 23.7. The lowest BCUT2D eigenvalue weighted by atomic mass is 10.0. The lowest BCUT2D eigenvalue weighted by Crippen LogP contribution is -2.44. The number of amides is 2. The molecule has 156 valence electrons. The number of ether oxygens (including phenoxy) is 2. The molecular weight excluding hydrogens is 360 g/mol. The fraction of sp³-hybridized carbons (Fsp3) is 0.524. The van der Waals surface area contributed by atoms with Crippen LogP contribution < -0.4 is 10.6 Å². The van der Waals surface area contributed by atoms with Crippen LogP contribution >= 0.6 is 0 Å². The number of rotatable bonds is 10. The molecule has 0 aromatic heterocycles. The first kappa shape index (κ1) is 23.5. The van der Waals surface area contributed by atoms with Gasteiger partial charge in [0.05, 0.1) is 12.1 Å². The van der Waals surface area contributed by atoms with E-state index in [-0.39, 0.29) is 6.61 Å². The van der Waals surface area contributed by atoms with Crippen molar-refractivity contribution in [1.29, 1.82) is 0 Å². The molecule has 1 aromatic rings. The average Bonchev–Trinajstić information content (AvgIpc) is 2.62. The molecule has 1 rings (SSSR count). The highest BCUT2D eigenvalue weighted by molar-refractivity contribution is 5.68. The van der Waals surface area contributed by atoms with Gasteiger partial charge in [0.2, 0.25) is 0 Å². The molecule has 0 aliphatic heterocycles. The second-order valence-electron chi connectivity index (χ2n) is 7.48. The number of hydrogen-bond donors (Lipinski definition) is 3. The molecule has 0 aliphatic carbocycles. The van der Waals surface area contributed by atoms with Crippen molar-refractivity contribution < 1.29 is 24.2 Å². The van der Waals surface area contributed by atoms with Crippen LogP contribution in [-0.4, -0.2) is 41.6 Å². The Morgan fingerprint density at radius 2 is 1.89 bits per heavy atom. The van der Waals surface area contributed by atoms with Crippen LogP contribution in [0.1, 0.15) is 45.6 Å². The highest BCUT2D eigenvalue weighted by Crippen LogP contribution is 2.09. The van der Waals surface area contributed by atoms with Gasteiger partial charge in [-0.3, -0.25) is 0 Å². The summed E-state index contributed by atoms with van der Waals surface area (Å²) >= 11 is 0. The van der Waals surface area contributed by atoms with Crippen LogP contribution in [0.4, 0.5) is 9.59 Å². The fourth-order valence-electron chi connectivity index (χ4n) is 2.44. The molecule has 7 heteroatoms. The van der Waals surface area contributed by atoms with E-state index in [9.17, 15) is 14.7 Å². The summed E-state index contributed by atoms with van der Waals surface area (Å²) in [5.74, 6) is 0. The van der Waals surface area contributed by atoms with Crippen molar-refractivity contribution in [2.24, 2.45) is 0 Å². The average molecular weight is 392 g/mol. The summed E-state index contributed by atoms with van der Waals surface area (Å²) in [5.41, 5.74) is 0.319. The van der Waals surface area contributed by atoms with Crippen molar-refractivity contribution >= 4 is 12.2 Å². The Hall–Kier alpha value is -2.54. The molecule has 0 aliphatic rings.